The van der Waals surface area contributed by atoms with E-state index in [0.29, 0.717) is 0 Å². The number of ether oxygens (including phenoxy) is 4. The first-order chi connectivity index (χ1) is 11.1. The van der Waals surface area contributed by atoms with Gasteiger partial charge in [-0.15, -0.1) is 0 Å². The molecule has 8 heteroatoms. The number of carboxylic acid groups (broad SMARTS) is 2. The third-order valence-corrected chi connectivity index (χ3v) is 4.48. The Morgan fingerprint density at radius 3 is 1.58 bits per heavy atom. The van der Waals surface area contributed by atoms with Gasteiger partial charge in [0.2, 0.25) is 0 Å². The van der Waals surface area contributed by atoms with Crippen LogP contribution >= 0.6 is 0 Å². The van der Waals surface area contributed by atoms with Gasteiger partial charge in [0.25, 0.3) is 0 Å². The molecule has 0 rings (SSSR count). The van der Waals surface area contributed by atoms with Crippen LogP contribution < -0.4 is 0 Å². The zero-order valence-electron chi connectivity index (χ0n) is 15.4. The predicted octanol–water partition coefficient (Wildman–Crippen LogP) is 2.11. The summed E-state index contributed by atoms with van der Waals surface area (Å²) < 4.78 is 22.2. The Morgan fingerprint density at radius 2 is 1.33 bits per heavy atom. The van der Waals surface area contributed by atoms with E-state index < -0.39 is 28.9 Å². The summed E-state index contributed by atoms with van der Waals surface area (Å²) in [6, 6.07) is 0. The zero-order valence-corrected chi connectivity index (χ0v) is 15.4. The van der Waals surface area contributed by atoms with Crippen LogP contribution in [0.5, 0.6) is 0 Å². The van der Waals surface area contributed by atoms with Gasteiger partial charge in [-0.05, 0) is 40.5 Å². The van der Waals surface area contributed by atoms with E-state index in [2.05, 4.69) is 0 Å². The van der Waals surface area contributed by atoms with Gasteiger partial charge in [-0.1, -0.05) is 0 Å². The average Bonchev–Trinajstić information content (AvgIpc) is 2.51. The minimum Gasteiger partial charge on any atom is -0.481 e. The molecule has 8 nitrogen and oxygen atoms in total. The van der Waals surface area contributed by atoms with Gasteiger partial charge in [-0.25, -0.2) is 0 Å². The fourth-order valence-corrected chi connectivity index (χ4v) is 3.13. The van der Waals surface area contributed by atoms with Gasteiger partial charge < -0.3 is 29.2 Å². The van der Waals surface area contributed by atoms with Crippen LogP contribution in [-0.4, -0.2) is 61.2 Å². The van der Waals surface area contributed by atoms with Crippen molar-refractivity contribution in [3.8, 4) is 0 Å². The van der Waals surface area contributed by atoms with E-state index in [0.717, 1.165) is 0 Å². The molecule has 0 aromatic rings. The van der Waals surface area contributed by atoms with Gasteiger partial charge >= 0.3 is 11.9 Å². The van der Waals surface area contributed by atoms with Crippen LogP contribution in [0, 0.1) is 5.41 Å². The van der Waals surface area contributed by atoms with Crippen molar-refractivity contribution < 1.29 is 38.7 Å². The smallest absolute Gasteiger partial charge is 0.320 e. The highest BCUT2D eigenvalue weighted by molar-refractivity contribution is 5.77. The first kappa shape index (κ1) is 22.8. The summed E-state index contributed by atoms with van der Waals surface area (Å²) in [5.74, 6) is -5.44. The molecule has 0 radical (unpaired) electrons. The molecule has 0 aromatic carbocycles. The second-order valence-electron chi connectivity index (χ2n) is 5.62. The van der Waals surface area contributed by atoms with Gasteiger partial charge in [0.15, 0.2) is 17.0 Å². The summed E-state index contributed by atoms with van der Waals surface area (Å²) in [5, 5.41) is 19.0. The minimum absolute atomic E-state index is 0.0662. The van der Waals surface area contributed by atoms with Crippen LogP contribution in [0.4, 0.5) is 0 Å². The molecule has 0 bridgehead atoms. The van der Waals surface area contributed by atoms with Crippen molar-refractivity contribution in [2.24, 2.45) is 5.41 Å². The number of rotatable bonds is 13. The molecule has 2 unspecified atom stereocenters. The predicted molar refractivity (Wildman–Crippen MR) is 85.6 cm³/mol. The van der Waals surface area contributed by atoms with Crippen LogP contribution in [0.15, 0.2) is 0 Å². The molecular weight excluding hydrogens is 320 g/mol. The van der Waals surface area contributed by atoms with Gasteiger partial charge in [0.05, 0.1) is 0 Å². The van der Waals surface area contributed by atoms with Gasteiger partial charge in [-0.3, -0.25) is 9.59 Å². The Hall–Kier alpha value is -1.22. The number of carbonyl (C=O) groups is 2. The molecular formula is C16H30O8. The molecule has 24 heavy (non-hydrogen) atoms. The second kappa shape index (κ2) is 9.31. The molecule has 0 saturated heterocycles. The lowest BCUT2D eigenvalue weighted by Crippen LogP contribution is -2.67. The maximum Gasteiger partial charge on any atom is 0.320 e. The molecule has 0 amide bonds. The zero-order chi connectivity index (χ0) is 19.0. The molecule has 0 aromatic heterocycles. The maximum absolute atomic E-state index is 12.4. The summed E-state index contributed by atoms with van der Waals surface area (Å²) in [6.07, 6.45) is -0.157. The van der Waals surface area contributed by atoms with E-state index in [4.69, 9.17) is 24.1 Å². The van der Waals surface area contributed by atoms with Crippen molar-refractivity contribution in [3.63, 3.8) is 0 Å². The van der Waals surface area contributed by atoms with Crippen molar-refractivity contribution in [1.82, 2.24) is 0 Å². The Morgan fingerprint density at radius 1 is 0.917 bits per heavy atom. The molecule has 2 atom stereocenters. The highest BCUT2D eigenvalue weighted by Crippen LogP contribution is 2.50. The number of carboxylic acids is 2. The topological polar surface area (TPSA) is 112 Å². The SMILES string of the molecule is CCOC(C)(OC)C(CCCC(=O)O)(C(=O)O)C(C)(OC)OCC. The van der Waals surface area contributed by atoms with Crippen molar-refractivity contribution in [2.75, 3.05) is 27.4 Å². The van der Waals surface area contributed by atoms with Crippen molar-refractivity contribution in [1.29, 1.82) is 0 Å². The van der Waals surface area contributed by atoms with Crippen molar-refractivity contribution >= 4 is 11.9 Å². The Bertz CT molecular complexity index is 404. The van der Waals surface area contributed by atoms with E-state index in [9.17, 15) is 14.7 Å². The van der Waals surface area contributed by atoms with Crippen LogP contribution in [0.3, 0.4) is 0 Å². The Balaban J connectivity index is 6.25. The summed E-state index contributed by atoms with van der Waals surface area (Å²) in [4.78, 5) is 23.3. The average molecular weight is 350 g/mol. The number of aliphatic carboxylic acids is 2. The first-order valence-electron chi connectivity index (χ1n) is 7.94. The van der Waals surface area contributed by atoms with E-state index >= 15 is 0 Å². The largest absolute Gasteiger partial charge is 0.481 e. The molecule has 0 aliphatic heterocycles. The quantitative estimate of drug-likeness (QED) is 0.486. The lowest BCUT2D eigenvalue weighted by molar-refractivity contribution is -0.368. The molecule has 0 heterocycles. The summed E-state index contributed by atoms with van der Waals surface area (Å²) in [7, 11) is 2.68. The maximum atomic E-state index is 12.4. The standard InChI is InChI=1S/C16H30O8/c1-7-23-14(3,21-5)16(13(19)20,11-9-10-12(17)18)15(4,22-6)24-8-2/h7-11H2,1-6H3,(H,17,18)(H,19,20). The van der Waals surface area contributed by atoms with E-state index in [1.165, 1.54) is 28.1 Å². The fourth-order valence-electron chi connectivity index (χ4n) is 3.13. The lowest BCUT2D eigenvalue weighted by Gasteiger charge is -2.52. The molecule has 0 saturated carbocycles. The number of hydrogen-bond donors (Lipinski definition) is 2. The van der Waals surface area contributed by atoms with E-state index in [1.54, 1.807) is 13.8 Å². The summed E-state index contributed by atoms with van der Waals surface area (Å²) in [6.45, 7) is 6.83. The third-order valence-electron chi connectivity index (χ3n) is 4.48. The number of methoxy groups -OCH3 is 2. The van der Waals surface area contributed by atoms with Crippen LogP contribution in [-0.2, 0) is 28.5 Å². The van der Waals surface area contributed by atoms with Crippen molar-refractivity contribution in [3.05, 3.63) is 0 Å². The monoisotopic (exact) mass is 350 g/mol. The highest BCUT2D eigenvalue weighted by atomic mass is 16.7. The summed E-state index contributed by atoms with van der Waals surface area (Å²) >= 11 is 0. The second-order valence-corrected chi connectivity index (χ2v) is 5.62. The molecule has 0 fully saturated rings. The molecule has 0 spiro atoms. The van der Waals surface area contributed by atoms with Gasteiger partial charge in [-0.2, -0.15) is 0 Å². The van der Waals surface area contributed by atoms with E-state index in [-0.39, 0.29) is 32.5 Å². The molecule has 2 N–H and O–H groups in total. The van der Waals surface area contributed by atoms with Crippen LogP contribution in [0.2, 0.25) is 0 Å². The van der Waals surface area contributed by atoms with Gasteiger partial charge in [0.1, 0.15) is 0 Å². The lowest BCUT2D eigenvalue weighted by atomic mass is 9.68. The van der Waals surface area contributed by atoms with Gasteiger partial charge in [0, 0.05) is 33.9 Å². The highest BCUT2D eigenvalue weighted by Gasteiger charge is 2.67. The first-order valence-corrected chi connectivity index (χ1v) is 7.94. The third kappa shape index (κ3) is 4.24. The van der Waals surface area contributed by atoms with E-state index in [1.807, 2.05) is 0 Å². The fraction of sp³-hybridized carbons (Fsp3) is 0.875. The Labute approximate surface area is 143 Å². The number of hydrogen-bond acceptors (Lipinski definition) is 6. The van der Waals surface area contributed by atoms with Crippen LogP contribution in [0.1, 0.15) is 47.0 Å². The Kier molecular flexibility index (Phi) is 8.84. The molecule has 142 valence electrons. The normalized spacial score (nSPS) is 19.1. The minimum atomic E-state index is -1.79. The molecule has 0 aliphatic carbocycles. The summed E-state index contributed by atoms with van der Waals surface area (Å²) in [5.41, 5.74) is -1.79. The van der Waals surface area contributed by atoms with Crippen LogP contribution in [0.25, 0.3) is 0 Å². The van der Waals surface area contributed by atoms with Crippen molar-refractivity contribution in [2.45, 2.75) is 58.5 Å². The molecule has 0 aliphatic rings.